The van der Waals surface area contributed by atoms with E-state index < -0.39 is 17.2 Å². The summed E-state index contributed by atoms with van der Waals surface area (Å²) in [7, 11) is 1.44. The number of aromatic nitrogens is 5. The summed E-state index contributed by atoms with van der Waals surface area (Å²) in [5.41, 5.74) is 6.39. The van der Waals surface area contributed by atoms with E-state index in [1.807, 2.05) is 6.07 Å². The van der Waals surface area contributed by atoms with E-state index in [-0.39, 0.29) is 45.1 Å². The molecule has 0 spiro atoms. The molecule has 0 aliphatic rings. The van der Waals surface area contributed by atoms with Crippen molar-refractivity contribution < 1.29 is 8.78 Å². The van der Waals surface area contributed by atoms with Crippen LogP contribution in [0, 0.1) is 23.0 Å². The van der Waals surface area contributed by atoms with Crippen molar-refractivity contribution >= 4 is 58.4 Å². The summed E-state index contributed by atoms with van der Waals surface area (Å²) >= 11 is 11.8. The monoisotopic (exact) mass is 606 g/mol. The largest absolute Gasteiger partial charge is 0.324 e. The number of rotatable bonds is 8. The molecule has 0 bridgehead atoms. The second-order valence-electron chi connectivity index (χ2n) is 8.57. The molecule has 0 amide bonds. The molecule has 2 heterocycles. The Kier molecular flexibility index (Phi) is 8.09. The summed E-state index contributed by atoms with van der Waals surface area (Å²) in [6.45, 7) is 0. The Morgan fingerprint density at radius 1 is 0.786 bits per heavy atom. The maximum Gasteiger partial charge on any atom is 0.273 e. The number of hydrazine groups is 1. The van der Waals surface area contributed by atoms with E-state index in [0.29, 0.717) is 16.9 Å². The van der Waals surface area contributed by atoms with Crippen molar-refractivity contribution in [3.05, 3.63) is 104 Å². The van der Waals surface area contributed by atoms with Gasteiger partial charge in [0.1, 0.15) is 23.3 Å². The lowest BCUT2D eigenvalue weighted by atomic mass is 10.1. The van der Waals surface area contributed by atoms with Crippen molar-refractivity contribution in [3.8, 4) is 17.3 Å². The van der Waals surface area contributed by atoms with Gasteiger partial charge in [0.05, 0.1) is 15.7 Å². The Hall–Kier alpha value is -5.32. The van der Waals surface area contributed by atoms with Crippen LogP contribution in [-0.2, 0) is 7.05 Å². The molecule has 5 aromatic rings. The van der Waals surface area contributed by atoms with Crippen LogP contribution in [0.2, 0.25) is 10.0 Å². The van der Waals surface area contributed by atoms with E-state index in [0.717, 1.165) is 4.57 Å². The fourth-order valence-corrected chi connectivity index (χ4v) is 4.04. The number of nitrogens with one attached hydrogen (secondary N) is 4. The number of hydrogen-bond acceptors (Lipinski definition) is 10. The molecule has 0 fully saturated rings. The first-order valence-electron chi connectivity index (χ1n) is 12.0. The van der Waals surface area contributed by atoms with Crippen LogP contribution in [-0.4, -0.2) is 24.5 Å². The second-order valence-corrected chi connectivity index (χ2v) is 9.38. The maximum absolute atomic E-state index is 13.7. The van der Waals surface area contributed by atoms with Crippen molar-refractivity contribution in [2.75, 3.05) is 21.5 Å². The number of hydrogen-bond donors (Lipinski definition) is 4. The first kappa shape index (κ1) is 28.2. The molecule has 0 aliphatic heterocycles. The zero-order valence-corrected chi connectivity index (χ0v) is 23.0. The van der Waals surface area contributed by atoms with Crippen LogP contribution in [0.3, 0.4) is 0 Å². The van der Waals surface area contributed by atoms with Gasteiger partial charge >= 0.3 is 0 Å². The topological polar surface area (TPSA) is 145 Å². The lowest BCUT2D eigenvalue weighted by Crippen LogP contribution is -2.27. The van der Waals surface area contributed by atoms with Gasteiger partial charge in [-0.05, 0) is 36.4 Å². The van der Waals surface area contributed by atoms with Gasteiger partial charge < -0.3 is 10.6 Å². The zero-order valence-electron chi connectivity index (χ0n) is 21.5. The molecule has 0 atom stereocenters. The van der Waals surface area contributed by atoms with Gasteiger partial charge in [0, 0.05) is 24.0 Å². The highest BCUT2D eigenvalue weighted by molar-refractivity contribution is 6.31. The minimum absolute atomic E-state index is 0.0133. The fraction of sp³-hybridized carbons (Fsp3) is 0.0370. The quantitative estimate of drug-likeness (QED) is 0.155. The Balaban J connectivity index is 1.49. The lowest BCUT2D eigenvalue weighted by Gasteiger charge is -2.15. The molecule has 0 aliphatic carbocycles. The Bertz CT molecular complexity index is 1830. The highest BCUT2D eigenvalue weighted by Gasteiger charge is 2.17. The van der Waals surface area contributed by atoms with Crippen LogP contribution in [0.15, 0.2) is 71.5 Å². The second kappa shape index (κ2) is 12.0. The molecule has 0 saturated carbocycles. The van der Waals surface area contributed by atoms with Crippen molar-refractivity contribution in [2.45, 2.75) is 0 Å². The van der Waals surface area contributed by atoms with E-state index in [2.05, 4.69) is 41.4 Å². The molecule has 5 rings (SSSR count). The minimum atomic E-state index is -0.602. The molecule has 0 unspecified atom stereocenters. The van der Waals surface area contributed by atoms with Gasteiger partial charge in [0.15, 0.2) is 0 Å². The first-order valence-corrected chi connectivity index (χ1v) is 12.8. The normalized spacial score (nSPS) is 10.6. The Morgan fingerprint density at radius 3 is 1.86 bits per heavy atom. The summed E-state index contributed by atoms with van der Waals surface area (Å²) < 4.78 is 28.5. The predicted octanol–water partition coefficient (Wildman–Crippen LogP) is 6.02. The van der Waals surface area contributed by atoms with Gasteiger partial charge in [-0.3, -0.25) is 20.2 Å². The fourth-order valence-electron chi connectivity index (χ4n) is 3.68. The highest BCUT2D eigenvalue weighted by Crippen LogP contribution is 2.25. The molecule has 210 valence electrons. The molecular weight excluding hydrogens is 589 g/mol. The van der Waals surface area contributed by atoms with Crippen molar-refractivity contribution in [3.63, 3.8) is 0 Å². The average Bonchev–Trinajstić information content (AvgIpc) is 2.98. The van der Waals surface area contributed by atoms with E-state index in [1.54, 1.807) is 30.3 Å². The number of benzene rings is 3. The third kappa shape index (κ3) is 6.20. The van der Waals surface area contributed by atoms with E-state index >= 15 is 0 Å². The van der Waals surface area contributed by atoms with Gasteiger partial charge in [-0.1, -0.05) is 53.5 Å². The van der Waals surface area contributed by atoms with Gasteiger partial charge in [0.25, 0.3) is 5.56 Å². The van der Waals surface area contributed by atoms with Crippen LogP contribution in [0.4, 0.5) is 43.9 Å². The zero-order chi connectivity index (χ0) is 29.8. The van der Waals surface area contributed by atoms with Crippen LogP contribution in [0.1, 0.15) is 5.56 Å². The molecular formula is C27H18Cl2F2N10O. The lowest BCUT2D eigenvalue weighted by molar-refractivity contribution is 0.628. The van der Waals surface area contributed by atoms with Crippen LogP contribution in [0.25, 0.3) is 11.3 Å². The van der Waals surface area contributed by atoms with E-state index in [4.69, 9.17) is 23.2 Å². The molecule has 15 heteroatoms. The summed E-state index contributed by atoms with van der Waals surface area (Å²) in [6.07, 6.45) is 0. The highest BCUT2D eigenvalue weighted by atomic mass is 35.5. The van der Waals surface area contributed by atoms with Gasteiger partial charge in [-0.15, -0.1) is 0 Å². The molecule has 0 saturated heterocycles. The predicted molar refractivity (Wildman–Crippen MR) is 156 cm³/mol. The van der Waals surface area contributed by atoms with Crippen LogP contribution < -0.4 is 27.0 Å². The average molecular weight is 607 g/mol. The minimum Gasteiger partial charge on any atom is -0.324 e. The van der Waals surface area contributed by atoms with E-state index in [1.165, 1.54) is 43.4 Å². The van der Waals surface area contributed by atoms with Crippen molar-refractivity contribution in [1.29, 1.82) is 5.26 Å². The van der Waals surface area contributed by atoms with Crippen molar-refractivity contribution in [2.24, 2.45) is 7.05 Å². The van der Waals surface area contributed by atoms with Gasteiger partial charge in [0.2, 0.25) is 23.8 Å². The van der Waals surface area contributed by atoms with Gasteiger partial charge in [-0.2, -0.15) is 20.2 Å². The Morgan fingerprint density at radius 2 is 1.33 bits per heavy atom. The Labute approximate surface area is 246 Å². The summed E-state index contributed by atoms with van der Waals surface area (Å²) in [5.74, 6) is -1.17. The summed E-state index contributed by atoms with van der Waals surface area (Å²) in [5, 5.41) is 15.2. The number of anilines is 6. The first-order chi connectivity index (χ1) is 20.2. The molecule has 3 aromatic carbocycles. The SMILES string of the molecule is Cn1c(NNc2nc(Nc3ccc(F)c(Cl)c3)nc(Nc3ccc(F)c(Cl)c3)n2)nc(-c2ccccc2)c(C#N)c1=O. The molecule has 4 N–H and O–H groups in total. The van der Waals surface area contributed by atoms with Gasteiger partial charge in [-0.25, -0.2) is 13.8 Å². The van der Waals surface area contributed by atoms with Crippen LogP contribution >= 0.6 is 23.2 Å². The smallest absolute Gasteiger partial charge is 0.273 e. The summed E-state index contributed by atoms with van der Waals surface area (Å²) in [4.78, 5) is 30.3. The summed E-state index contributed by atoms with van der Waals surface area (Å²) in [6, 6.07) is 18.6. The van der Waals surface area contributed by atoms with Crippen molar-refractivity contribution in [1.82, 2.24) is 24.5 Å². The molecule has 11 nitrogen and oxygen atoms in total. The third-order valence-electron chi connectivity index (χ3n) is 5.72. The van der Waals surface area contributed by atoms with Crippen LogP contribution in [0.5, 0.6) is 0 Å². The molecule has 2 aromatic heterocycles. The number of nitrogens with zero attached hydrogens (tertiary/aromatic N) is 6. The molecule has 0 radical (unpaired) electrons. The number of halogens is 4. The number of nitriles is 1. The molecule has 42 heavy (non-hydrogen) atoms. The maximum atomic E-state index is 13.7. The van der Waals surface area contributed by atoms with E-state index in [9.17, 15) is 18.8 Å². The third-order valence-corrected chi connectivity index (χ3v) is 6.30. The standard InChI is InChI=1S/C27H18Cl2F2N10O/c1-41-23(42)17(13-32)22(14-5-3-2-4-6-14)35-27(41)40-39-26-37-24(33-15-7-9-20(30)18(28)11-15)36-25(38-26)34-16-8-10-21(31)19(29)12-16/h2-12H,1H3,(H,35,40)(H3,33,34,36,37,38,39).